The van der Waals surface area contributed by atoms with Crippen molar-refractivity contribution in [3.63, 3.8) is 0 Å². The molecule has 0 unspecified atom stereocenters. The van der Waals surface area contributed by atoms with Gasteiger partial charge in [-0.15, -0.1) is 5.10 Å². The van der Waals surface area contributed by atoms with Crippen LogP contribution in [0.4, 0.5) is 11.4 Å². The maximum Gasteiger partial charge on any atom is 0.308 e. The molecule has 10 heteroatoms. The Hall–Kier alpha value is -3.95. The maximum absolute atomic E-state index is 12.2. The quantitative estimate of drug-likeness (QED) is 0.321. The smallest absolute Gasteiger partial charge is 0.308 e. The molecule has 10 nitrogen and oxygen atoms in total. The number of amides is 1. The highest BCUT2D eigenvalue weighted by molar-refractivity contribution is 5.97. The Bertz CT molecular complexity index is 1050. The number of carbonyl (C=O) groups is 2. The molecule has 0 bridgehead atoms. The Morgan fingerprint density at radius 1 is 1.20 bits per heavy atom. The summed E-state index contributed by atoms with van der Waals surface area (Å²) in [4.78, 5) is 36.2. The van der Waals surface area contributed by atoms with Crippen LogP contribution in [-0.4, -0.2) is 41.8 Å². The second kappa shape index (κ2) is 8.19. The number of carbonyl (C=O) groups excluding carboxylic acids is 2. The van der Waals surface area contributed by atoms with E-state index < -0.39 is 23.0 Å². The molecule has 1 aliphatic heterocycles. The monoisotopic (exact) mass is 412 g/mol. The summed E-state index contributed by atoms with van der Waals surface area (Å²) in [5.74, 6) is -0.661. The van der Waals surface area contributed by atoms with E-state index in [0.717, 1.165) is 5.01 Å². The van der Waals surface area contributed by atoms with E-state index in [-0.39, 0.29) is 17.3 Å². The third-order valence-electron chi connectivity index (χ3n) is 4.31. The van der Waals surface area contributed by atoms with Gasteiger partial charge in [0, 0.05) is 39.6 Å². The van der Waals surface area contributed by atoms with Gasteiger partial charge in [0.2, 0.25) is 18.0 Å². The van der Waals surface area contributed by atoms with Crippen molar-refractivity contribution in [1.29, 1.82) is 0 Å². The molecule has 156 valence electrons. The molecule has 1 aliphatic rings. The highest BCUT2D eigenvalue weighted by Gasteiger charge is 2.36. The van der Waals surface area contributed by atoms with Crippen molar-refractivity contribution in [1.82, 2.24) is 5.01 Å². The fourth-order valence-electron chi connectivity index (χ4n) is 3.00. The summed E-state index contributed by atoms with van der Waals surface area (Å²) in [6.07, 6.45) is -0.986. The number of nitrogens with zero attached hydrogens (tertiary/aromatic N) is 4. The number of anilines is 1. The number of hydrazone groups is 1. The van der Waals surface area contributed by atoms with Gasteiger partial charge >= 0.3 is 5.97 Å². The second-order valence-electron chi connectivity index (χ2n) is 6.73. The molecule has 0 aliphatic carbocycles. The van der Waals surface area contributed by atoms with Crippen LogP contribution in [-0.2, 0) is 14.3 Å². The third-order valence-corrected chi connectivity index (χ3v) is 4.31. The van der Waals surface area contributed by atoms with Crippen molar-refractivity contribution in [2.45, 2.75) is 20.1 Å². The van der Waals surface area contributed by atoms with Crippen LogP contribution < -0.4 is 9.64 Å². The van der Waals surface area contributed by atoms with E-state index in [9.17, 15) is 19.7 Å². The van der Waals surface area contributed by atoms with Crippen LogP contribution in [0.25, 0.3) is 0 Å². The van der Waals surface area contributed by atoms with Gasteiger partial charge < -0.3 is 14.4 Å². The van der Waals surface area contributed by atoms with Crippen LogP contribution in [0.5, 0.6) is 5.75 Å². The van der Waals surface area contributed by atoms with Gasteiger partial charge in [-0.1, -0.05) is 12.1 Å². The molecule has 30 heavy (non-hydrogen) atoms. The number of esters is 1. The summed E-state index contributed by atoms with van der Waals surface area (Å²) < 4.78 is 11.1. The van der Waals surface area contributed by atoms with E-state index in [1.807, 2.05) is 0 Å². The van der Waals surface area contributed by atoms with Crippen molar-refractivity contribution >= 4 is 29.1 Å². The zero-order valence-corrected chi connectivity index (χ0v) is 16.9. The van der Waals surface area contributed by atoms with Crippen LogP contribution in [0.2, 0.25) is 0 Å². The molecule has 0 N–H and O–H groups in total. The number of nitro benzene ring substituents is 1. The summed E-state index contributed by atoms with van der Waals surface area (Å²) in [6, 6.07) is 11.2. The lowest BCUT2D eigenvalue weighted by atomic mass is 10.1. The van der Waals surface area contributed by atoms with Crippen molar-refractivity contribution in [3.8, 4) is 5.75 Å². The summed E-state index contributed by atoms with van der Waals surface area (Å²) in [7, 11) is 3.40. The van der Waals surface area contributed by atoms with E-state index in [2.05, 4.69) is 5.10 Å². The molecule has 0 radical (unpaired) electrons. The Morgan fingerprint density at radius 2 is 1.90 bits per heavy atom. The number of nitro groups is 1. The molecule has 2 aromatic carbocycles. The number of hydrogen-bond donors (Lipinski definition) is 0. The normalized spacial score (nSPS) is 15.3. The second-order valence-corrected chi connectivity index (χ2v) is 6.73. The largest absolute Gasteiger partial charge is 0.446 e. The molecular weight excluding hydrogens is 392 g/mol. The first-order valence-electron chi connectivity index (χ1n) is 8.97. The fourth-order valence-corrected chi connectivity index (χ4v) is 3.00. The van der Waals surface area contributed by atoms with Gasteiger partial charge in [-0.05, 0) is 24.3 Å². The lowest BCUT2D eigenvalue weighted by Crippen LogP contribution is -2.26. The Labute approximate surface area is 172 Å². The number of rotatable bonds is 5. The van der Waals surface area contributed by atoms with E-state index in [1.54, 1.807) is 55.4 Å². The summed E-state index contributed by atoms with van der Waals surface area (Å²) in [5, 5.41) is 16.8. The lowest BCUT2D eigenvalue weighted by Gasteiger charge is -2.21. The number of benzene rings is 2. The predicted molar refractivity (Wildman–Crippen MR) is 108 cm³/mol. The molecule has 3 rings (SSSR count). The highest BCUT2D eigenvalue weighted by Crippen LogP contribution is 2.37. The average Bonchev–Trinajstić information content (AvgIpc) is 3.13. The first-order chi connectivity index (χ1) is 14.2. The van der Waals surface area contributed by atoms with Crippen molar-refractivity contribution < 1.29 is 24.0 Å². The van der Waals surface area contributed by atoms with Gasteiger partial charge in [0.1, 0.15) is 11.4 Å². The SMILES string of the molecule is CC(=O)Oc1ccccc1[C@@H]1OC(c2ccc(N(C)C)c([N+](=O)[O-])c2)=NN1C(C)=O. The van der Waals surface area contributed by atoms with Crippen molar-refractivity contribution in [2.75, 3.05) is 19.0 Å². The minimum Gasteiger partial charge on any atom is -0.446 e. The molecule has 2 aromatic rings. The van der Waals surface area contributed by atoms with Gasteiger partial charge in [0.05, 0.1) is 10.5 Å². The zero-order valence-electron chi connectivity index (χ0n) is 16.9. The van der Waals surface area contributed by atoms with E-state index in [1.165, 1.54) is 19.9 Å². The molecule has 0 fully saturated rings. The van der Waals surface area contributed by atoms with Crippen LogP contribution >= 0.6 is 0 Å². The summed E-state index contributed by atoms with van der Waals surface area (Å²) in [5.41, 5.74) is 1.05. The standard InChI is InChI=1S/C20H20N4O6/c1-12(25)23-20(15-7-5-6-8-18(15)29-13(2)26)30-19(21-23)14-9-10-16(22(3)4)17(11-14)24(27)28/h5-11,20H,1-4H3/t20-/m0/s1. The Morgan fingerprint density at radius 3 is 2.50 bits per heavy atom. The molecule has 0 spiro atoms. The topological polar surface area (TPSA) is 115 Å². The van der Waals surface area contributed by atoms with Crippen molar-refractivity contribution in [2.24, 2.45) is 5.10 Å². The number of para-hydroxylation sites is 1. The van der Waals surface area contributed by atoms with Gasteiger partial charge in [-0.3, -0.25) is 19.7 Å². The third kappa shape index (κ3) is 4.07. The number of hydrogen-bond acceptors (Lipinski definition) is 8. The van der Waals surface area contributed by atoms with Crippen LogP contribution in [0, 0.1) is 10.1 Å². The molecule has 1 atom stereocenters. The van der Waals surface area contributed by atoms with Crippen LogP contribution in [0.1, 0.15) is 31.2 Å². The summed E-state index contributed by atoms with van der Waals surface area (Å²) in [6.45, 7) is 2.58. The molecule has 0 aromatic heterocycles. The van der Waals surface area contributed by atoms with Gasteiger partial charge in [-0.2, -0.15) is 5.01 Å². The fraction of sp³-hybridized carbons (Fsp3) is 0.250. The minimum atomic E-state index is -0.986. The summed E-state index contributed by atoms with van der Waals surface area (Å²) >= 11 is 0. The average molecular weight is 412 g/mol. The van der Waals surface area contributed by atoms with E-state index >= 15 is 0 Å². The lowest BCUT2D eigenvalue weighted by molar-refractivity contribution is -0.384. The Balaban J connectivity index is 2.02. The molecule has 0 saturated carbocycles. The van der Waals surface area contributed by atoms with Gasteiger partial charge in [0.25, 0.3) is 5.69 Å². The first-order valence-corrected chi connectivity index (χ1v) is 8.97. The van der Waals surface area contributed by atoms with Crippen LogP contribution in [0.3, 0.4) is 0 Å². The van der Waals surface area contributed by atoms with Gasteiger partial charge in [0.15, 0.2) is 0 Å². The predicted octanol–water partition coefficient (Wildman–Crippen LogP) is 2.83. The molecular formula is C20H20N4O6. The maximum atomic E-state index is 12.2. The minimum absolute atomic E-state index is 0.0428. The molecule has 1 heterocycles. The van der Waals surface area contributed by atoms with Crippen molar-refractivity contribution in [3.05, 3.63) is 63.7 Å². The van der Waals surface area contributed by atoms with E-state index in [4.69, 9.17) is 9.47 Å². The van der Waals surface area contributed by atoms with Gasteiger partial charge in [-0.25, -0.2) is 0 Å². The molecule has 0 saturated heterocycles. The molecule has 1 amide bonds. The zero-order chi connectivity index (χ0) is 22.0. The van der Waals surface area contributed by atoms with E-state index in [0.29, 0.717) is 16.8 Å². The highest BCUT2D eigenvalue weighted by atomic mass is 16.6. The Kier molecular flexibility index (Phi) is 5.67. The first kappa shape index (κ1) is 20.8. The number of ether oxygens (including phenoxy) is 2. The van der Waals surface area contributed by atoms with Crippen LogP contribution in [0.15, 0.2) is 47.6 Å².